The van der Waals surface area contributed by atoms with Gasteiger partial charge in [-0.25, -0.2) is 0 Å². The maximum absolute atomic E-state index is 13.1. The maximum atomic E-state index is 13.1. The highest BCUT2D eigenvalue weighted by molar-refractivity contribution is 5.99. The minimum Gasteiger partial charge on any atom is -0.338 e. The number of ether oxygens (including phenoxy) is 3. The number of carbonyl (C=O) groups excluding carboxylic acids is 1. The van der Waals surface area contributed by atoms with Gasteiger partial charge in [0.05, 0.1) is 11.7 Å². The molecule has 1 heterocycles. The van der Waals surface area contributed by atoms with Crippen molar-refractivity contribution >= 4 is 5.78 Å². The molecule has 132 valence electrons. The standard InChI is InChI=1S/C20H23NO4/c1-5-6-15-25-20(23-3,24-4)19(22)18-13-10-14-21(18)16(2)17-11-8-7-9-12-17/h7-14,16H,15H2,1-4H3/t16-/m1/s1. The molecule has 5 nitrogen and oxygen atoms in total. The molecule has 0 aliphatic carbocycles. The lowest BCUT2D eigenvalue weighted by Gasteiger charge is -2.29. The van der Waals surface area contributed by atoms with E-state index in [2.05, 4.69) is 11.8 Å². The largest absolute Gasteiger partial charge is 0.353 e. The van der Waals surface area contributed by atoms with Crippen LogP contribution in [0.3, 0.4) is 0 Å². The second kappa shape index (κ2) is 8.63. The number of aromatic nitrogens is 1. The Bertz CT molecular complexity index is 751. The monoisotopic (exact) mass is 341 g/mol. The molecule has 0 fully saturated rings. The topological polar surface area (TPSA) is 49.7 Å². The quantitative estimate of drug-likeness (QED) is 0.420. The first-order chi connectivity index (χ1) is 12.1. The van der Waals surface area contributed by atoms with Crippen LogP contribution in [0.5, 0.6) is 0 Å². The van der Waals surface area contributed by atoms with Crippen LogP contribution in [0.25, 0.3) is 0 Å². The number of benzene rings is 1. The van der Waals surface area contributed by atoms with Crippen LogP contribution in [0.2, 0.25) is 0 Å². The van der Waals surface area contributed by atoms with Gasteiger partial charge >= 0.3 is 5.97 Å². The average molecular weight is 341 g/mol. The number of hydrogen-bond donors (Lipinski definition) is 0. The van der Waals surface area contributed by atoms with E-state index in [0.29, 0.717) is 5.69 Å². The first-order valence-electron chi connectivity index (χ1n) is 8.00. The van der Waals surface area contributed by atoms with Crippen molar-refractivity contribution in [3.8, 4) is 11.8 Å². The van der Waals surface area contributed by atoms with Gasteiger partial charge in [0, 0.05) is 20.4 Å². The third-order valence-corrected chi connectivity index (χ3v) is 4.04. The molecule has 0 unspecified atom stereocenters. The van der Waals surface area contributed by atoms with Crippen molar-refractivity contribution in [2.75, 3.05) is 20.8 Å². The van der Waals surface area contributed by atoms with Gasteiger partial charge in [-0.2, -0.15) is 0 Å². The molecule has 5 heteroatoms. The number of nitrogens with zero attached hydrogens (tertiary/aromatic N) is 1. The number of ketones is 1. The lowest BCUT2D eigenvalue weighted by atomic mass is 10.1. The average Bonchev–Trinajstić information content (AvgIpc) is 3.15. The lowest BCUT2D eigenvalue weighted by Crippen LogP contribution is -2.46. The van der Waals surface area contributed by atoms with E-state index in [1.54, 1.807) is 13.0 Å². The van der Waals surface area contributed by atoms with E-state index in [1.807, 2.05) is 54.1 Å². The van der Waals surface area contributed by atoms with Gasteiger partial charge in [0.1, 0.15) is 6.61 Å². The van der Waals surface area contributed by atoms with Gasteiger partial charge < -0.3 is 18.8 Å². The van der Waals surface area contributed by atoms with Crippen LogP contribution in [-0.4, -0.2) is 37.1 Å². The van der Waals surface area contributed by atoms with Crippen LogP contribution in [0.4, 0.5) is 0 Å². The minimum atomic E-state index is -1.82. The highest BCUT2D eigenvalue weighted by Gasteiger charge is 2.43. The van der Waals surface area contributed by atoms with Gasteiger partial charge in [0.2, 0.25) is 0 Å². The Kier molecular flexibility index (Phi) is 6.54. The zero-order chi connectivity index (χ0) is 18.3. The Morgan fingerprint density at radius 2 is 1.84 bits per heavy atom. The van der Waals surface area contributed by atoms with Gasteiger partial charge in [-0.15, -0.1) is 5.92 Å². The van der Waals surface area contributed by atoms with E-state index >= 15 is 0 Å². The molecule has 2 rings (SSSR count). The number of rotatable bonds is 8. The molecule has 0 saturated carbocycles. The molecule has 0 N–H and O–H groups in total. The molecule has 1 aromatic carbocycles. The number of carbonyl (C=O) groups is 1. The fourth-order valence-corrected chi connectivity index (χ4v) is 2.63. The van der Waals surface area contributed by atoms with Crippen LogP contribution in [0.15, 0.2) is 48.7 Å². The van der Waals surface area contributed by atoms with E-state index in [9.17, 15) is 4.79 Å². The molecular weight excluding hydrogens is 318 g/mol. The molecule has 0 bridgehead atoms. The van der Waals surface area contributed by atoms with Crippen LogP contribution in [0.1, 0.15) is 35.9 Å². The Hall–Kier alpha value is -2.39. The fraction of sp³-hybridized carbons (Fsp3) is 0.350. The van der Waals surface area contributed by atoms with E-state index < -0.39 is 11.8 Å². The summed E-state index contributed by atoms with van der Waals surface area (Å²) in [6, 6.07) is 13.4. The number of methoxy groups -OCH3 is 2. The second-order valence-electron chi connectivity index (χ2n) is 5.40. The molecule has 0 spiro atoms. The van der Waals surface area contributed by atoms with Crippen molar-refractivity contribution in [2.24, 2.45) is 0 Å². The summed E-state index contributed by atoms with van der Waals surface area (Å²) in [7, 11) is 2.74. The highest BCUT2D eigenvalue weighted by atomic mass is 16.9. The second-order valence-corrected chi connectivity index (χ2v) is 5.40. The molecule has 1 aromatic heterocycles. The Labute approximate surface area is 148 Å². The molecule has 0 aliphatic rings. The van der Waals surface area contributed by atoms with E-state index in [4.69, 9.17) is 14.2 Å². The zero-order valence-electron chi connectivity index (χ0n) is 15.0. The van der Waals surface area contributed by atoms with E-state index in [0.717, 1.165) is 5.56 Å². The van der Waals surface area contributed by atoms with Gasteiger partial charge in [-0.1, -0.05) is 36.3 Å². The summed E-state index contributed by atoms with van der Waals surface area (Å²) in [5, 5.41) is 0. The molecule has 0 amide bonds. The molecule has 25 heavy (non-hydrogen) atoms. The number of hydrogen-bond acceptors (Lipinski definition) is 4. The minimum absolute atomic E-state index is 0.0267. The first-order valence-corrected chi connectivity index (χ1v) is 8.00. The van der Waals surface area contributed by atoms with Gasteiger partial charge in [-0.3, -0.25) is 4.79 Å². The van der Waals surface area contributed by atoms with Crippen molar-refractivity contribution in [3.63, 3.8) is 0 Å². The van der Waals surface area contributed by atoms with Crippen LogP contribution in [-0.2, 0) is 14.2 Å². The zero-order valence-corrected chi connectivity index (χ0v) is 15.0. The smallest absolute Gasteiger partial charge is 0.338 e. The Morgan fingerprint density at radius 1 is 1.16 bits per heavy atom. The van der Waals surface area contributed by atoms with Crippen molar-refractivity contribution in [2.45, 2.75) is 25.9 Å². The summed E-state index contributed by atoms with van der Waals surface area (Å²) in [4.78, 5) is 13.1. The predicted molar refractivity (Wildman–Crippen MR) is 95.2 cm³/mol. The van der Waals surface area contributed by atoms with Gasteiger partial charge in [0.15, 0.2) is 0 Å². The predicted octanol–water partition coefficient (Wildman–Crippen LogP) is 3.27. The van der Waals surface area contributed by atoms with Crippen molar-refractivity contribution in [1.29, 1.82) is 0 Å². The molecule has 1 atom stereocenters. The lowest BCUT2D eigenvalue weighted by molar-refractivity contribution is -0.318. The Balaban J connectivity index is 2.35. The Morgan fingerprint density at radius 3 is 2.44 bits per heavy atom. The summed E-state index contributed by atoms with van der Waals surface area (Å²) < 4.78 is 18.0. The van der Waals surface area contributed by atoms with Crippen molar-refractivity contribution in [3.05, 3.63) is 59.9 Å². The summed E-state index contributed by atoms with van der Waals surface area (Å²) >= 11 is 0. The molecule has 2 aromatic rings. The van der Waals surface area contributed by atoms with Crippen LogP contribution >= 0.6 is 0 Å². The van der Waals surface area contributed by atoms with E-state index in [1.165, 1.54) is 14.2 Å². The number of Topliss-reactive ketones (excluding diaryl/α,β-unsaturated/α-hetero) is 1. The molecular formula is C20H23NO4. The normalized spacial score (nSPS) is 12.3. The van der Waals surface area contributed by atoms with Crippen LogP contribution in [0, 0.1) is 11.8 Å². The first kappa shape index (κ1) is 18.9. The fourth-order valence-electron chi connectivity index (χ4n) is 2.63. The molecule has 0 aliphatic heterocycles. The third kappa shape index (κ3) is 3.99. The maximum Gasteiger partial charge on any atom is 0.353 e. The summed E-state index contributed by atoms with van der Waals surface area (Å²) in [6.07, 6.45) is 1.85. The third-order valence-electron chi connectivity index (χ3n) is 4.04. The molecule has 0 radical (unpaired) electrons. The van der Waals surface area contributed by atoms with Gasteiger partial charge in [-0.05, 0) is 31.5 Å². The van der Waals surface area contributed by atoms with E-state index in [-0.39, 0.29) is 12.6 Å². The molecule has 0 saturated heterocycles. The summed E-state index contributed by atoms with van der Waals surface area (Å²) in [5.41, 5.74) is 1.52. The summed E-state index contributed by atoms with van der Waals surface area (Å²) in [6.45, 7) is 3.74. The highest BCUT2D eigenvalue weighted by Crippen LogP contribution is 2.25. The van der Waals surface area contributed by atoms with Crippen molar-refractivity contribution in [1.82, 2.24) is 4.57 Å². The van der Waals surface area contributed by atoms with Crippen LogP contribution < -0.4 is 0 Å². The van der Waals surface area contributed by atoms with Gasteiger partial charge in [0.25, 0.3) is 5.78 Å². The SMILES string of the molecule is CC#CCOC(OC)(OC)C(=O)c1cccn1[C@H](C)c1ccccc1. The summed E-state index contributed by atoms with van der Waals surface area (Å²) in [5.74, 6) is 3.22. The van der Waals surface area contributed by atoms with Crippen molar-refractivity contribution < 1.29 is 19.0 Å².